The van der Waals surface area contributed by atoms with Gasteiger partial charge in [-0.2, -0.15) is 18.3 Å². The molecule has 15 heteroatoms. The smallest absolute Gasteiger partial charge is 0.368 e. The fraction of sp³-hybridized carbons (Fsp3) is 0.321. The SMILES string of the molecule is O=C(Nc1cccc(C(F)(F)F)c1)Nc1ncc(CCNc2ncnc3cc(-c4cnn(CCN5CCCC5)c4)sc23)s1. The zero-order valence-corrected chi connectivity index (χ0v) is 24.5. The van der Waals surface area contributed by atoms with Crippen LogP contribution in [0.2, 0.25) is 0 Å². The average molecular weight is 628 g/mol. The molecule has 6 rings (SSSR count). The first-order valence-electron chi connectivity index (χ1n) is 13.7. The summed E-state index contributed by atoms with van der Waals surface area (Å²) < 4.78 is 41.7. The quantitative estimate of drug-likeness (QED) is 0.164. The van der Waals surface area contributed by atoms with Crippen molar-refractivity contribution in [2.75, 3.05) is 42.1 Å². The first kappa shape index (κ1) is 29.0. The van der Waals surface area contributed by atoms with Gasteiger partial charge < -0.3 is 15.5 Å². The molecule has 2 amide bonds. The number of rotatable bonds is 10. The summed E-state index contributed by atoms with van der Waals surface area (Å²) in [5.74, 6) is 0.742. The van der Waals surface area contributed by atoms with Crippen LogP contribution in [-0.4, -0.2) is 61.8 Å². The van der Waals surface area contributed by atoms with Gasteiger partial charge in [0.25, 0.3) is 0 Å². The fourth-order valence-electron chi connectivity index (χ4n) is 4.80. The molecule has 1 aromatic carbocycles. The van der Waals surface area contributed by atoms with Crippen molar-refractivity contribution in [3.05, 3.63) is 65.7 Å². The highest BCUT2D eigenvalue weighted by molar-refractivity contribution is 7.22. The lowest BCUT2D eigenvalue weighted by atomic mass is 10.2. The Hall–Kier alpha value is -4.08. The molecule has 3 N–H and O–H groups in total. The molecule has 0 spiro atoms. The van der Waals surface area contributed by atoms with E-state index in [0.717, 1.165) is 56.6 Å². The highest BCUT2D eigenvalue weighted by atomic mass is 32.1. The van der Waals surface area contributed by atoms with Gasteiger partial charge >= 0.3 is 12.2 Å². The van der Waals surface area contributed by atoms with Crippen molar-refractivity contribution in [3.8, 4) is 10.4 Å². The van der Waals surface area contributed by atoms with E-state index in [4.69, 9.17) is 0 Å². The number of benzene rings is 1. The van der Waals surface area contributed by atoms with Gasteiger partial charge in [-0.1, -0.05) is 6.07 Å². The summed E-state index contributed by atoms with van der Waals surface area (Å²) in [6.07, 6.45) is 5.86. The lowest BCUT2D eigenvalue weighted by Gasteiger charge is -2.13. The van der Waals surface area contributed by atoms with E-state index in [0.29, 0.717) is 18.1 Å². The maximum absolute atomic E-state index is 12.9. The first-order chi connectivity index (χ1) is 20.8. The number of hydrogen-bond donors (Lipinski definition) is 3. The van der Waals surface area contributed by atoms with Crippen LogP contribution in [0.1, 0.15) is 23.3 Å². The van der Waals surface area contributed by atoms with Crippen LogP contribution in [0, 0.1) is 0 Å². The van der Waals surface area contributed by atoms with E-state index in [1.165, 1.54) is 49.4 Å². The second kappa shape index (κ2) is 12.7. The number of anilines is 3. The van der Waals surface area contributed by atoms with Crippen molar-refractivity contribution in [3.63, 3.8) is 0 Å². The summed E-state index contributed by atoms with van der Waals surface area (Å²) in [5.41, 5.74) is 1.11. The van der Waals surface area contributed by atoms with Gasteiger partial charge in [0.2, 0.25) is 0 Å². The molecule has 10 nitrogen and oxygen atoms in total. The topological polar surface area (TPSA) is 113 Å². The third-order valence-electron chi connectivity index (χ3n) is 6.96. The van der Waals surface area contributed by atoms with Crippen molar-refractivity contribution in [1.82, 2.24) is 29.6 Å². The Morgan fingerprint density at radius 3 is 2.70 bits per heavy atom. The average Bonchev–Trinajstić information content (AvgIpc) is 3.79. The summed E-state index contributed by atoms with van der Waals surface area (Å²) in [6, 6.07) is 5.83. The van der Waals surface area contributed by atoms with Crippen molar-refractivity contribution >= 4 is 55.6 Å². The van der Waals surface area contributed by atoms with E-state index in [9.17, 15) is 18.0 Å². The highest BCUT2D eigenvalue weighted by Crippen LogP contribution is 2.35. The number of fused-ring (bicyclic) bond motifs is 1. The van der Waals surface area contributed by atoms with Gasteiger partial charge in [0.1, 0.15) is 12.1 Å². The fourth-order valence-corrected chi connectivity index (χ4v) is 6.66. The summed E-state index contributed by atoms with van der Waals surface area (Å²) in [6.45, 7) is 4.79. The Labute approximate surface area is 253 Å². The van der Waals surface area contributed by atoms with Crippen LogP contribution in [0.3, 0.4) is 0 Å². The van der Waals surface area contributed by atoms with Crippen molar-refractivity contribution in [2.45, 2.75) is 32.0 Å². The van der Waals surface area contributed by atoms with Gasteiger partial charge in [-0.15, -0.1) is 22.7 Å². The van der Waals surface area contributed by atoms with Crippen LogP contribution >= 0.6 is 22.7 Å². The Balaban J connectivity index is 1.02. The lowest BCUT2D eigenvalue weighted by molar-refractivity contribution is -0.137. The van der Waals surface area contributed by atoms with Gasteiger partial charge in [-0.3, -0.25) is 10.00 Å². The molecule has 1 fully saturated rings. The molecule has 0 unspecified atom stereocenters. The number of likely N-dealkylation sites (tertiary alicyclic amines) is 1. The largest absolute Gasteiger partial charge is 0.416 e. The van der Waals surface area contributed by atoms with E-state index >= 15 is 0 Å². The third kappa shape index (κ3) is 7.29. The number of amides is 2. The van der Waals surface area contributed by atoms with Crippen LogP contribution in [0.25, 0.3) is 20.7 Å². The van der Waals surface area contributed by atoms with Gasteiger partial charge in [0, 0.05) is 52.9 Å². The van der Waals surface area contributed by atoms with Crippen LogP contribution < -0.4 is 16.0 Å². The summed E-state index contributed by atoms with van der Waals surface area (Å²) in [4.78, 5) is 29.9. The van der Waals surface area contributed by atoms with Crippen LogP contribution in [0.5, 0.6) is 0 Å². The van der Waals surface area contributed by atoms with E-state index in [1.54, 1.807) is 23.9 Å². The third-order valence-corrected chi connectivity index (χ3v) is 9.11. The lowest BCUT2D eigenvalue weighted by Crippen LogP contribution is -2.24. The van der Waals surface area contributed by atoms with E-state index in [1.807, 2.05) is 10.9 Å². The van der Waals surface area contributed by atoms with Crippen molar-refractivity contribution in [2.24, 2.45) is 0 Å². The zero-order valence-electron chi connectivity index (χ0n) is 22.9. The summed E-state index contributed by atoms with van der Waals surface area (Å²) >= 11 is 2.90. The van der Waals surface area contributed by atoms with Gasteiger partial charge in [-0.05, 0) is 50.2 Å². The summed E-state index contributed by atoms with van der Waals surface area (Å²) in [7, 11) is 0. The molecule has 43 heavy (non-hydrogen) atoms. The number of carbonyl (C=O) groups is 1. The molecule has 0 radical (unpaired) electrons. The highest BCUT2D eigenvalue weighted by Gasteiger charge is 2.30. The van der Waals surface area contributed by atoms with Gasteiger partial charge in [0.05, 0.1) is 28.5 Å². The van der Waals surface area contributed by atoms with Gasteiger partial charge in [0.15, 0.2) is 5.13 Å². The molecule has 4 aromatic heterocycles. The zero-order chi connectivity index (χ0) is 29.8. The van der Waals surface area contributed by atoms with Crippen molar-refractivity contribution < 1.29 is 18.0 Å². The molecule has 0 atom stereocenters. The van der Waals surface area contributed by atoms with Crippen LogP contribution in [0.4, 0.5) is 34.6 Å². The minimum atomic E-state index is -4.49. The number of urea groups is 1. The first-order valence-corrected chi connectivity index (χ1v) is 15.4. The Bertz CT molecular complexity index is 1710. The molecule has 5 aromatic rings. The molecule has 224 valence electrons. The van der Waals surface area contributed by atoms with Gasteiger partial charge in [-0.25, -0.2) is 19.7 Å². The number of alkyl halides is 3. The molecule has 0 saturated carbocycles. The molecular weight excluding hydrogens is 599 g/mol. The number of hydrogen-bond acceptors (Lipinski definition) is 9. The number of aromatic nitrogens is 5. The number of thiazole rings is 1. The maximum atomic E-state index is 12.9. The Kier molecular flexibility index (Phi) is 8.54. The Morgan fingerprint density at radius 2 is 1.86 bits per heavy atom. The monoisotopic (exact) mass is 627 g/mol. The second-order valence-corrected chi connectivity index (χ2v) is 12.2. The predicted octanol–water partition coefficient (Wildman–Crippen LogP) is 6.42. The molecule has 0 aliphatic carbocycles. The van der Waals surface area contributed by atoms with Crippen LogP contribution in [-0.2, 0) is 19.1 Å². The molecule has 5 heterocycles. The van der Waals surface area contributed by atoms with Crippen molar-refractivity contribution in [1.29, 1.82) is 0 Å². The van der Waals surface area contributed by atoms with E-state index < -0.39 is 17.8 Å². The summed E-state index contributed by atoms with van der Waals surface area (Å²) in [5, 5.41) is 13.3. The van der Waals surface area contributed by atoms with E-state index in [2.05, 4.69) is 53.2 Å². The second-order valence-electron chi connectivity index (χ2n) is 10.1. The number of halogens is 3. The standard InChI is InChI=1S/C28H28F3N9OS2/c29-28(30,31)19-4-3-5-20(12-19)37-26(41)38-27-33-15-21(42-27)6-7-32-25-24-22(34-17-35-25)13-23(43-24)18-14-36-40(16-18)11-10-39-8-1-2-9-39/h3-5,12-17H,1-2,6-11H2,(H,32,34,35)(H2,33,37,38,41). The minimum Gasteiger partial charge on any atom is -0.368 e. The van der Waals surface area contributed by atoms with Crippen LogP contribution in [0.15, 0.2) is 55.2 Å². The van der Waals surface area contributed by atoms with E-state index in [-0.39, 0.29) is 5.69 Å². The normalized spacial score (nSPS) is 13.9. The maximum Gasteiger partial charge on any atom is 0.416 e. The number of thiophene rings is 1. The number of carbonyl (C=O) groups excluding carboxylic acids is 1. The predicted molar refractivity (Wildman–Crippen MR) is 163 cm³/mol. The number of nitrogens with one attached hydrogen (secondary N) is 3. The molecule has 1 aliphatic heterocycles. The molecule has 1 saturated heterocycles. The Morgan fingerprint density at radius 1 is 1.00 bits per heavy atom. The minimum absolute atomic E-state index is 0.0348. The molecular formula is C28H28F3N9OS2. The number of nitrogens with zero attached hydrogens (tertiary/aromatic N) is 6. The molecule has 0 bridgehead atoms. The molecule has 1 aliphatic rings.